The summed E-state index contributed by atoms with van der Waals surface area (Å²) >= 11 is 0. The molecule has 1 saturated heterocycles. The predicted octanol–water partition coefficient (Wildman–Crippen LogP) is 4.72. The van der Waals surface area contributed by atoms with E-state index in [-0.39, 0.29) is 23.0 Å². The lowest BCUT2D eigenvalue weighted by Gasteiger charge is -2.44. The van der Waals surface area contributed by atoms with E-state index in [0.717, 1.165) is 19.3 Å². The molecule has 4 aromatic rings. The zero-order chi connectivity index (χ0) is 31.7. The molecule has 0 radical (unpaired) electrons. The van der Waals surface area contributed by atoms with E-state index in [2.05, 4.69) is 0 Å². The van der Waals surface area contributed by atoms with Crippen LogP contribution in [-0.4, -0.2) is 66.3 Å². The molecule has 0 amide bonds. The molecule has 6 atom stereocenters. The minimum Gasteiger partial charge on any atom is -0.457 e. The van der Waals surface area contributed by atoms with Gasteiger partial charge >= 0.3 is 23.9 Å². The second-order valence-electron chi connectivity index (χ2n) is 11.0. The third-order valence-electron chi connectivity index (χ3n) is 8.12. The summed E-state index contributed by atoms with van der Waals surface area (Å²) in [5.74, 6) is -5.58. The molecule has 14 nitrogen and oxygen atoms in total. The first-order valence-electron chi connectivity index (χ1n) is 14.7. The van der Waals surface area contributed by atoms with Gasteiger partial charge in [-0.05, 0) is 61.4 Å². The van der Waals surface area contributed by atoms with Crippen molar-refractivity contribution >= 4 is 23.9 Å². The third kappa shape index (κ3) is 5.72. The maximum absolute atomic E-state index is 13.4. The van der Waals surface area contributed by atoms with Crippen LogP contribution in [0, 0.1) is 0 Å². The topological polar surface area (TPSA) is 176 Å². The van der Waals surface area contributed by atoms with Crippen molar-refractivity contribution in [3.63, 3.8) is 0 Å². The highest BCUT2D eigenvalue weighted by Gasteiger charge is 2.66. The molecule has 3 aliphatic rings. The second-order valence-corrected chi connectivity index (χ2v) is 11.0. The van der Waals surface area contributed by atoms with E-state index in [4.69, 9.17) is 46.1 Å². The molecule has 3 fully saturated rings. The van der Waals surface area contributed by atoms with Crippen LogP contribution < -0.4 is 0 Å². The molecule has 1 aliphatic heterocycles. The summed E-state index contributed by atoms with van der Waals surface area (Å²) in [5.41, 5.74) is 0. The number of ether oxygens (including phenoxy) is 6. The quantitative estimate of drug-likeness (QED) is 0.192. The monoisotopic (exact) mass is 636 g/mol. The van der Waals surface area contributed by atoms with Crippen LogP contribution in [0.1, 0.15) is 74.3 Å². The van der Waals surface area contributed by atoms with Crippen molar-refractivity contribution in [3.8, 4) is 0 Å². The molecule has 240 valence electrons. The summed E-state index contributed by atoms with van der Waals surface area (Å²) < 4.78 is 57.6. The number of carbonyl (C=O) groups is 4. The van der Waals surface area contributed by atoms with E-state index in [0.29, 0.717) is 12.8 Å². The Morgan fingerprint density at radius 1 is 0.500 bits per heavy atom. The van der Waals surface area contributed by atoms with Gasteiger partial charge in [-0.1, -0.05) is 6.42 Å². The summed E-state index contributed by atoms with van der Waals surface area (Å²) in [6, 6.07) is 11.5. The molecule has 0 aromatic carbocycles. The normalized spacial score (nSPS) is 26.6. The molecule has 14 heteroatoms. The number of furan rings is 4. The average Bonchev–Trinajstić information content (AvgIpc) is 3.91. The van der Waals surface area contributed by atoms with Crippen molar-refractivity contribution in [2.45, 2.75) is 74.5 Å². The predicted molar refractivity (Wildman–Crippen MR) is 147 cm³/mol. The second kappa shape index (κ2) is 12.4. The SMILES string of the molecule is O=C(OC1C(OC(=O)c2ccco2)[C@H](OC(=O)c2ccco2)C2OC3(CCCCC3)OC2[C@@H]1OC(=O)c1ccco1)c1ccco1. The molecular weight excluding hydrogens is 608 g/mol. The summed E-state index contributed by atoms with van der Waals surface area (Å²) in [7, 11) is 0. The molecule has 2 aliphatic carbocycles. The fourth-order valence-corrected chi connectivity index (χ4v) is 6.08. The van der Waals surface area contributed by atoms with Crippen molar-refractivity contribution in [3.05, 3.63) is 96.6 Å². The van der Waals surface area contributed by atoms with E-state index >= 15 is 0 Å². The van der Waals surface area contributed by atoms with Crippen LogP contribution in [0.4, 0.5) is 0 Å². The number of carbonyl (C=O) groups excluding carboxylic acids is 4. The van der Waals surface area contributed by atoms with Crippen molar-refractivity contribution in [2.75, 3.05) is 0 Å². The van der Waals surface area contributed by atoms with Gasteiger partial charge in [0.05, 0.1) is 25.1 Å². The number of esters is 4. The van der Waals surface area contributed by atoms with Crippen molar-refractivity contribution in [2.24, 2.45) is 0 Å². The molecule has 7 rings (SSSR count). The lowest BCUT2D eigenvalue weighted by molar-refractivity contribution is -0.203. The lowest BCUT2D eigenvalue weighted by atomic mass is 9.84. The molecule has 4 aromatic heterocycles. The van der Waals surface area contributed by atoms with Crippen LogP contribution in [0.3, 0.4) is 0 Å². The Kier molecular flexibility index (Phi) is 7.96. The molecule has 46 heavy (non-hydrogen) atoms. The first-order valence-corrected chi connectivity index (χ1v) is 14.7. The van der Waals surface area contributed by atoms with E-state index in [1.807, 2.05) is 0 Å². The fraction of sp³-hybridized carbons (Fsp3) is 0.375. The van der Waals surface area contributed by atoms with Crippen LogP contribution in [0.5, 0.6) is 0 Å². The Morgan fingerprint density at radius 3 is 1.13 bits per heavy atom. The average molecular weight is 637 g/mol. The molecular formula is C32H28O14. The van der Waals surface area contributed by atoms with E-state index in [9.17, 15) is 19.2 Å². The maximum atomic E-state index is 13.4. The van der Waals surface area contributed by atoms with Gasteiger partial charge < -0.3 is 46.1 Å². The Morgan fingerprint density at radius 2 is 0.826 bits per heavy atom. The number of hydrogen-bond acceptors (Lipinski definition) is 14. The smallest absolute Gasteiger partial charge is 0.374 e. The van der Waals surface area contributed by atoms with E-state index in [1.165, 1.54) is 73.6 Å². The van der Waals surface area contributed by atoms with E-state index in [1.54, 1.807) is 0 Å². The van der Waals surface area contributed by atoms with Gasteiger partial charge in [0.2, 0.25) is 23.0 Å². The Labute approximate surface area is 260 Å². The Hall–Kier alpha value is -5.08. The summed E-state index contributed by atoms with van der Waals surface area (Å²) in [6.45, 7) is 0. The number of fused-ring (bicyclic) bond motifs is 1. The molecule has 0 bridgehead atoms. The van der Waals surface area contributed by atoms with Crippen molar-refractivity contribution in [1.82, 2.24) is 0 Å². The minimum absolute atomic E-state index is 0.144. The summed E-state index contributed by atoms with van der Waals surface area (Å²) in [4.78, 5) is 53.4. The maximum Gasteiger partial charge on any atom is 0.374 e. The highest BCUT2D eigenvalue weighted by atomic mass is 16.8. The standard InChI is InChI=1S/C32H28O14/c33-28(18-8-4-14-37-18)41-22-23(42-29(34)19-9-5-15-38-19)25(44-31(36)21-11-7-17-40-21)27-26(45-32(46-27)12-2-1-3-13-32)24(22)43-30(35)20-10-6-16-39-20/h4-11,14-17,22-27H,1-3,12-13H2/t22?,23?,24-,25+,26?,27?. The van der Waals surface area contributed by atoms with Gasteiger partial charge in [-0.2, -0.15) is 0 Å². The van der Waals surface area contributed by atoms with Crippen LogP contribution >= 0.6 is 0 Å². The number of rotatable bonds is 8. The lowest BCUT2D eigenvalue weighted by Crippen LogP contribution is -2.66. The Bertz CT molecular complexity index is 1510. The van der Waals surface area contributed by atoms with Gasteiger partial charge in [-0.15, -0.1) is 0 Å². The van der Waals surface area contributed by atoms with Crippen molar-refractivity contribution in [1.29, 1.82) is 0 Å². The van der Waals surface area contributed by atoms with Gasteiger partial charge in [-0.25, -0.2) is 19.2 Å². The summed E-state index contributed by atoms with van der Waals surface area (Å²) in [5, 5.41) is 0. The molecule has 4 unspecified atom stereocenters. The minimum atomic E-state index is -1.62. The first kappa shape index (κ1) is 29.6. The van der Waals surface area contributed by atoms with Gasteiger partial charge in [0.25, 0.3) is 0 Å². The zero-order valence-corrected chi connectivity index (χ0v) is 24.1. The highest BCUT2D eigenvalue weighted by molar-refractivity contribution is 5.89. The van der Waals surface area contributed by atoms with Gasteiger partial charge in [0, 0.05) is 12.8 Å². The van der Waals surface area contributed by atoms with Crippen LogP contribution in [0.15, 0.2) is 91.3 Å². The Balaban J connectivity index is 1.32. The van der Waals surface area contributed by atoms with Crippen LogP contribution in [0.2, 0.25) is 0 Å². The van der Waals surface area contributed by atoms with Crippen molar-refractivity contribution < 1.29 is 65.3 Å². The molecule has 5 heterocycles. The third-order valence-corrected chi connectivity index (χ3v) is 8.12. The van der Waals surface area contributed by atoms with Gasteiger partial charge in [-0.3, -0.25) is 0 Å². The van der Waals surface area contributed by atoms with Gasteiger partial charge in [0.1, 0.15) is 12.2 Å². The molecule has 0 N–H and O–H groups in total. The van der Waals surface area contributed by atoms with Crippen LogP contribution in [0.25, 0.3) is 0 Å². The molecule has 1 spiro atoms. The first-order chi connectivity index (χ1) is 22.4. The highest BCUT2D eigenvalue weighted by Crippen LogP contribution is 2.47. The molecule has 2 saturated carbocycles. The zero-order valence-electron chi connectivity index (χ0n) is 24.1. The fourth-order valence-electron chi connectivity index (χ4n) is 6.08. The summed E-state index contributed by atoms with van der Waals surface area (Å²) in [6.07, 6.45) is 0.170. The largest absolute Gasteiger partial charge is 0.457 e. The van der Waals surface area contributed by atoms with E-state index < -0.39 is 66.3 Å². The number of hydrogen-bond donors (Lipinski definition) is 0. The van der Waals surface area contributed by atoms with Gasteiger partial charge in [0.15, 0.2) is 30.2 Å². The van der Waals surface area contributed by atoms with Crippen LogP contribution in [-0.2, 0) is 28.4 Å².